The maximum atomic E-state index is 15.4. The number of pyridine rings is 2. The Balaban J connectivity index is 1.29. The second-order valence-electron chi connectivity index (χ2n) is 9.59. The number of halogens is 1. The summed E-state index contributed by atoms with van der Waals surface area (Å²) in [5, 5.41) is 7.31. The number of hydrogen-bond donors (Lipinski definition) is 3. The number of benzene rings is 1. The van der Waals surface area contributed by atoms with E-state index in [2.05, 4.69) is 20.6 Å². The lowest BCUT2D eigenvalue weighted by Crippen LogP contribution is -2.61. The van der Waals surface area contributed by atoms with Crippen LogP contribution >= 0.6 is 0 Å². The first-order valence-corrected chi connectivity index (χ1v) is 11.8. The third-order valence-electron chi connectivity index (χ3n) is 7.36. The Morgan fingerprint density at radius 3 is 2.77 bits per heavy atom. The third-order valence-corrected chi connectivity index (χ3v) is 7.36. The second-order valence-corrected chi connectivity index (χ2v) is 9.59. The number of aromatic nitrogens is 2. The summed E-state index contributed by atoms with van der Waals surface area (Å²) in [6.45, 7) is 6.04. The first-order chi connectivity index (χ1) is 16.9. The summed E-state index contributed by atoms with van der Waals surface area (Å²) in [7, 11) is 0. The van der Waals surface area contributed by atoms with E-state index in [9.17, 15) is 4.79 Å². The molecule has 2 amide bonds. The van der Waals surface area contributed by atoms with Crippen LogP contribution in [0.4, 0.5) is 26.4 Å². The summed E-state index contributed by atoms with van der Waals surface area (Å²) in [4.78, 5) is 23.2. The van der Waals surface area contributed by atoms with E-state index in [-0.39, 0.29) is 17.1 Å². The number of anilines is 3. The first kappa shape index (κ1) is 21.8. The van der Waals surface area contributed by atoms with Gasteiger partial charge in [-0.25, -0.2) is 19.2 Å². The van der Waals surface area contributed by atoms with Crippen molar-refractivity contribution in [3.05, 3.63) is 35.9 Å². The highest BCUT2D eigenvalue weighted by molar-refractivity contribution is 6.00. The van der Waals surface area contributed by atoms with Gasteiger partial charge in [-0.15, -0.1) is 0 Å². The van der Waals surface area contributed by atoms with Crippen molar-refractivity contribution >= 4 is 34.0 Å². The molecule has 3 aromatic rings. The summed E-state index contributed by atoms with van der Waals surface area (Å²) in [6, 6.07) is 3.25. The molecule has 0 radical (unpaired) electrons. The van der Waals surface area contributed by atoms with E-state index >= 15 is 4.39 Å². The lowest BCUT2D eigenvalue weighted by molar-refractivity contribution is -0.0596. The Labute approximate surface area is 201 Å². The van der Waals surface area contributed by atoms with Crippen molar-refractivity contribution in [2.75, 3.05) is 55.8 Å². The van der Waals surface area contributed by atoms with E-state index in [4.69, 9.17) is 15.2 Å². The number of fused-ring (bicyclic) bond motifs is 2. The number of ether oxygens (including phenoxy) is 2. The zero-order valence-electron chi connectivity index (χ0n) is 19.5. The zero-order valence-corrected chi connectivity index (χ0v) is 19.5. The Kier molecular flexibility index (Phi) is 5.14. The minimum absolute atomic E-state index is 0.00779. The van der Waals surface area contributed by atoms with E-state index in [0.717, 1.165) is 50.4 Å². The molecule has 9 nitrogen and oxygen atoms in total. The van der Waals surface area contributed by atoms with Gasteiger partial charge in [-0.3, -0.25) is 5.32 Å². The molecule has 6 rings (SSSR count). The van der Waals surface area contributed by atoms with E-state index in [0.29, 0.717) is 46.7 Å². The maximum absolute atomic E-state index is 15.4. The van der Waals surface area contributed by atoms with Crippen molar-refractivity contribution in [1.82, 2.24) is 14.9 Å². The second kappa shape index (κ2) is 8.23. The molecule has 0 aliphatic carbocycles. The normalized spacial score (nSPS) is 18.4. The van der Waals surface area contributed by atoms with Gasteiger partial charge in [-0.05, 0) is 42.8 Å². The standard InChI is InChI=1S/C25H27FN6O3/c1-14-17(10-30-23-22(14)28-4-7-35-23)16-8-15-9-19(29-11-18(15)21(27)20(16)26)31-24(33)32-12-25(13-32)2-5-34-6-3-25/h8-11,28H,2-7,12-13,27H2,1H3,(H,29,31,33). The predicted molar refractivity (Wildman–Crippen MR) is 131 cm³/mol. The third kappa shape index (κ3) is 3.68. The van der Waals surface area contributed by atoms with Crippen LogP contribution in [0.15, 0.2) is 24.5 Å². The fourth-order valence-electron chi connectivity index (χ4n) is 5.27. The molecule has 0 atom stereocenters. The predicted octanol–water partition coefficient (Wildman–Crippen LogP) is 3.78. The van der Waals surface area contributed by atoms with Crippen molar-refractivity contribution in [1.29, 1.82) is 0 Å². The lowest BCUT2D eigenvalue weighted by Gasteiger charge is -2.51. The number of urea groups is 1. The number of nitrogen functional groups attached to an aromatic ring is 1. The average Bonchev–Trinajstić information content (AvgIpc) is 2.86. The number of nitrogens with zero attached hydrogens (tertiary/aromatic N) is 3. The first-order valence-electron chi connectivity index (χ1n) is 11.8. The van der Waals surface area contributed by atoms with Gasteiger partial charge in [0.2, 0.25) is 5.88 Å². The highest BCUT2D eigenvalue weighted by atomic mass is 19.1. The summed E-state index contributed by atoms with van der Waals surface area (Å²) < 4.78 is 26.4. The van der Waals surface area contributed by atoms with Crippen LogP contribution in [0.25, 0.3) is 21.9 Å². The molecule has 10 heteroatoms. The molecular weight excluding hydrogens is 451 g/mol. The molecule has 2 aromatic heterocycles. The number of likely N-dealkylation sites (tertiary alicyclic amines) is 1. The number of nitrogens with two attached hydrogens (primary N) is 1. The van der Waals surface area contributed by atoms with Gasteiger partial charge >= 0.3 is 6.03 Å². The van der Waals surface area contributed by atoms with E-state index in [1.807, 2.05) is 6.92 Å². The largest absolute Gasteiger partial charge is 0.474 e. The van der Waals surface area contributed by atoms with Crippen LogP contribution in [0.2, 0.25) is 0 Å². The minimum atomic E-state index is -0.528. The van der Waals surface area contributed by atoms with Gasteiger partial charge in [0.05, 0.1) is 5.69 Å². The van der Waals surface area contributed by atoms with Crippen LogP contribution in [-0.4, -0.2) is 60.4 Å². The summed E-state index contributed by atoms with van der Waals surface area (Å²) in [5.41, 5.74) is 8.91. The van der Waals surface area contributed by atoms with Crippen molar-refractivity contribution in [2.45, 2.75) is 19.8 Å². The molecule has 0 bridgehead atoms. The van der Waals surface area contributed by atoms with Gasteiger partial charge in [-0.2, -0.15) is 0 Å². The molecule has 3 aliphatic heterocycles. The molecular formula is C25H27FN6O3. The van der Waals surface area contributed by atoms with Gasteiger partial charge in [0, 0.05) is 67.2 Å². The Morgan fingerprint density at radius 2 is 1.97 bits per heavy atom. The molecule has 2 fully saturated rings. The lowest BCUT2D eigenvalue weighted by atomic mass is 9.73. The Morgan fingerprint density at radius 1 is 1.17 bits per heavy atom. The average molecular weight is 479 g/mol. The van der Waals surface area contributed by atoms with Crippen LogP contribution < -0.4 is 21.1 Å². The summed E-state index contributed by atoms with van der Waals surface area (Å²) in [6.07, 6.45) is 5.07. The maximum Gasteiger partial charge on any atom is 0.323 e. The zero-order chi connectivity index (χ0) is 24.2. The van der Waals surface area contributed by atoms with Gasteiger partial charge in [0.15, 0.2) is 5.82 Å². The summed E-state index contributed by atoms with van der Waals surface area (Å²) >= 11 is 0. The highest BCUT2D eigenvalue weighted by Crippen LogP contribution is 2.41. The Hall–Kier alpha value is -3.66. The molecule has 1 aromatic carbocycles. The Bertz CT molecular complexity index is 1330. The number of nitrogens with one attached hydrogen (secondary N) is 2. The van der Waals surface area contributed by atoms with Gasteiger partial charge in [-0.1, -0.05) is 0 Å². The fourth-order valence-corrected chi connectivity index (χ4v) is 5.27. The van der Waals surface area contributed by atoms with Gasteiger partial charge in [0.25, 0.3) is 0 Å². The van der Waals surface area contributed by atoms with Crippen LogP contribution in [0, 0.1) is 18.2 Å². The molecule has 3 aliphatic rings. The number of hydrogen-bond acceptors (Lipinski definition) is 7. The molecule has 0 saturated carbocycles. The number of carbonyl (C=O) groups is 1. The van der Waals surface area contributed by atoms with E-state index in [1.165, 1.54) is 6.20 Å². The van der Waals surface area contributed by atoms with Crippen LogP contribution in [-0.2, 0) is 4.74 Å². The summed E-state index contributed by atoms with van der Waals surface area (Å²) in [5.74, 6) is 0.372. The molecule has 4 N–H and O–H groups in total. The molecule has 182 valence electrons. The minimum Gasteiger partial charge on any atom is -0.474 e. The van der Waals surface area contributed by atoms with Crippen molar-refractivity contribution in [3.8, 4) is 17.0 Å². The molecule has 5 heterocycles. The van der Waals surface area contributed by atoms with Crippen LogP contribution in [0.3, 0.4) is 0 Å². The van der Waals surface area contributed by atoms with Gasteiger partial charge < -0.3 is 25.4 Å². The number of rotatable bonds is 2. The highest BCUT2D eigenvalue weighted by Gasteiger charge is 2.45. The van der Waals surface area contributed by atoms with E-state index in [1.54, 1.807) is 23.2 Å². The number of carbonyl (C=O) groups excluding carboxylic acids is 1. The molecule has 35 heavy (non-hydrogen) atoms. The SMILES string of the molecule is Cc1c(-c2cc3cc(NC(=O)N4CC5(CCOCC5)C4)ncc3c(N)c2F)cnc2c1NCCO2. The topological polar surface area (TPSA) is 115 Å². The molecule has 2 saturated heterocycles. The smallest absolute Gasteiger partial charge is 0.323 e. The van der Waals surface area contributed by atoms with Crippen LogP contribution in [0.1, 0.15) is 18.4 Å². The van der Waals surface area contributed by atoms with Crippen LogP contribution in [0.5, 0.6) is 5.88 Å². The quantitative estimate of drug-likeness (QED) is 0.480. The fraction of sp³-hybridized carbons (Fsp3) is 0.400. The van der Waals surface area contributed by atoms with Crippen molar-refractivity contribution in [3.63, 3.8) is 0 Å². The van der Waals surface area contributed by atoms with Crippen molar-refractivity contribution < 1.29 is 18.7 Å². The van der Waals surface area contributed by atoms with Gasteiger partial charge in [0.1, 0.15) is 18.1 Å². The number of amides is 2. The van der Waals surface area contributed by atoms with Crippen molar-refractivity contribution in [2.24, 2.45) is 5.41 Å². The molecule has 0 unspecified atom stereocenters. The van der Waals surface area contributed by atoms with E-state index < -0.39 is 5.82 Å². The monoisotopic (exact) mass is 478 g/mol. The molecule has 1 spiro atoms.